The molecule has 0 N–H and O–H groups in total. The van der Waals surface area contributed by atoms with E-state index in [9.17, 15) is 0 Å². The summed E-state index contributed by atoms with van der Waals surface area (Å²) >= 11 is 0. The number of aromatic nitrogens is 3. The van der Waals surface area contributed by atoms with Crippen LogP contribution in [0.25, 0.3) is 66.1 Å². The molecule has 0 saturated heterocycles. The van der Waals surface area contributed by atoms with Gasteiger partial charge in [0, 0.05) is 50.9 Å². The van der Waals surface area contributed by atoms with Gasteiger partial charge in [0.25, 0.3) is 0 Å². The van der Waals surface area contributed by atoms with Gasteiger partial charge in [0.05, 0.1) is 39.1 Å². The molecule has 0 atom stereocenters. The first-order chi connectivity index (χ1) is 22.3. The van der Waals surface area contributed by atoms with Crippen LogP contribution in [-0.2, 0) is 0 Å². The van der Waals surface area contributed by atoms with Gasteiger partial charge in [-0.15, -0.1) is 0 Å². The van der Waals surface area contributed by atoms with E-state index in [0.717, 1.165) is 22.5 Å². The lowest BCUT2D eigenvalue weighted by atomic mass is 10.0. The van der Waals surface area contributed by atoms with Crippen molar-refractivity contribution in [3.8, 4) is 22.5 Å². The van der Waals surface area contributed by atoms with Crippen LogP contribution in [0.1, 0.15) is 0 Å². The number of pyridine rings is 1. The Morgan fingerprint density at radius 2 is 1.09 bits per heavy atom. The van der Waals surface area contributed by atoms with Gasteiger partial charge >= 0.3 is 0 Å². The quantitative estimate of drug-likeness (QED) is 0.210. The smallest absolute Gasteiger partial charge is 0.0783 e. The number of nitrogens with zero attached hydrogens (tertiary/aromatic N) is 4. The summed E-state index contributed by atoms with van der Waals surface area (Å²) in [6.07, 6.45) is 3.75. The van der Waals surface area contributed by atoms with Gasteiger partial charge in [-0.1, -0.05) is 78.9 Å². The predicted molar refractivity (Wildman–Crippen MR) is 187 cm³/mol. The summed E-state index contributed by atoms with van der Waals surface area (Å²) in [5.41, 5.74) is 12.9. The number of hydrogen-bond acceptors (Lipinski definition) is 2. The lowest BCUT2D eigenvalue weighted by Gasteiger charge is -2.33. The van der Waals surface area contributed by atoms with E-state index < -0.39 is 0 Å². The highest BCUT2D eigenvalue weighted by atomic mass is 15.2. The summed E-state index contributed by atoms with van der Waals surface area (Å²) in [6.45, 7) is 0. The van der Waals surface area contributed by atoms with Crippen molar-refractivity contribution in [3.05, 3.63) is 158 Å². The molecular formula is C41H26N4. The van der Waals surface area contributed by atoms with Crippen LogP contribution in [0.5, 0.6) is 0 Å². The Hall–Kier alpha value is -6.13. The highest BCUT2D eigenvalue weighted by molar-refractivity contribution is 6.22. The third-order valence-corrected chi connectivity index (χ3v) is 9.28. The molecule has 0 bridgehead atoms. The molecule has 1 aliphatic heterocycles. The Morgan fingerprint density at radius 3 is 1.98 bits per heavy atom. The van der Waals surface area contributed by atoms with Crippen molar-refractivity contribution < 1.29 is 0 Å². The van der Waals surface area contributed by atoms with Crippen LogP contribution >= 0.6 is 0 Å². The third-order valence-electron chi connectivity index (χ3n) is 9.28. The first-order valence-electron chi connectivity index (χ1n) is 15.3. The second-order valence-corrected chi connectivity index (χ2v) is 11.7. The van der Waals surface area contributed by atoms with Gasteiger partial charge in [0.2, 0.25) is 0 Å². The zero-order valence-corrected chi connectivity index (χ0v) is 24.3. The summed E-state index contributed by atoms with van der Waals surface area (Å²) in [5, 5.41) is 5.04. The summed E-state index contributed by atoms with van der Waals surface area (Å²) < 4.78 is 4.88. The summed E-state index contributed by atoms with van der Waals surface area (Å²) in [7, 11) is 0. The lowest BCUT2D eigenvalue weighted by molar-refractivity contribution is 1.11. The molecule has 0 fully saturated rings. The largest absolute Gasteiger partial charge is 0.309 e. The number of anilines is 3. The molecule has 45 heavy (non-hydrogen) atoms. The summed E-state index contributed by atoms with van der Waals surface area (Å²) in [6, 6.07) is 52.7. The second-order valence-electron chi connectivity index (χ2n) is 11.7. The van der Waals surface area contributed by atoms with Crippen LogP contribution in [0.4, 0.5) is 17.1 Å². The topological polar surface area (TPSA) is 26.0 Å². The molecule has 4 nitrogen and oxygen atoms in total. The van der Waals surface area contributed by atoms with Crippen molar-refractivity contribution in [2.45, 2.75) is 0 Å². The van der Waals surface area contributed by atoms with Crippen molar-refractivity contribution in [1.29, 1.82) is 0 Å². The molecule has 3 aromatic heterocycles. The van der Waals surface area contributed by atoms with Gasteiger partial charge in [-0.2, -0.15) is 0 Å². The average molecular weight is 575 g/mol. The molecule has 0 saturated carbocycles. The Morgan fingerprint density at radius 1 is 0.400 bits per heavy atom. The fraction of sp³-hybridized carbons (Fsp3) is 0. The van der Waals surface area contributed by atoms with E-state index in [1.807, 2.05) is 18.5 Å². The Labute approximate surface area is 259 Å². The van der Waals surface area contributed by atoms with Crippen LogP contribution in [0, 0.1) is 0 Å². The highest BCUT2D eigenvalue weighted by Crippen LogP contribution is 2.50. The zero-order valence-electron chi connectivity index (χ0n) is 24.3. The van der Waals surface area contributed by atoms with Crippen molar-refractivity contribution in [1.82, 2.24) is 14.1 Å². The molecule has 9 aromatic rings. The molecule has 0 radical (unpaired) electrons. The Balaban J connectivity index is 1.30. The minimum Gasteiger partial charge on any atom is -0.309 e. The van der Waals surface area contributed by atoms with Gasteiger partial charge < -0.3 is 14.0 Å². The number of hydrogen-bond donors (Lipinski definition) is 0. The van der Waals surface area contributed by atoms with E-state index in [0.29, 0.717) is 0 Å². The van der Waals surface area contributed by atoms with Gasteiger partial charge in [0.15, 0.2) is 0 Å². The molecular weight excluding hydrogens is 548 g/mol. The van der Waals surface area contributed by atoms with E-state index in [-0.39, 0.29) is 0 Å². The SMILES string of the molecule is c1ccc(-n2c3ccccc3c3cc4c5cccc6c5n(c4cc32)-c2ccccc2N6c2cccc(-c3cccnc3)c2)cc1. The maximum atomic E-state index is 4.37. The lowest BCUT2D eigenvalue weighted by Crippen LogP contribution is -2.18. The number of rotatable bonds is 3. The number of fused-ring (bicyclic) bond motifs is 8. The molecule has 6 aromatic carbocycles. The molecule has 4 heteroatoms. The maximum Gasteiger partial charge on any atom is 0.0783 e. The minimum atomic E-state index is 1.11. The molecule has 0 amide bonds. The minimum absolute atomic E-state index is 1.11. The normalized spacial score (nSPS) is 12.4. The first kappa shape index (κ1) is 24.3. The number of benzene rings is 6. The third kappa shape index (κ3) is 3.39. The Bertz CT molecular complexity index is 2590. The molecule has 4 heterocycles. The van der Waals surface area contributed by atoms with Crippen LogP contribution in [-0.4, -0.2) is 14.1 Å². The highest BCUT2D eigenvalue weighted by Gasteiger charge is 2.29. The standard InChI is InChI=1S/C41H26N4/c1-2-13-29(14-3-1)43-35-18-5-4-16-31(35)33-24-34-32-17-9-21-38-41(32)45(40(34)25-39(33)43)37-20-7-6-19-36(37)44(38)30-15-8-11-27(23-30)28-12-10-22-42-26-28/h1-26H. The van der Waals surface area contributed by atoms with Crippen LogP contribution in [0.3, 0.4) is 0 Å². The van der Waals surface area contributed by atoms with E-state index in [4.69, 9.17) is 0 Å². The Kier molecular flexibility index (Phi) is 4.96. The van der Waals surface area contributed by atoms with Crippen molar-refractivity contribution in [2.24, 2.45) is 0 Å². The van der Waals surface area contributed by atoms with E-state index in [1.54, 1.807) is 0 Å². The molecule has 1 aliphatic rings. The van der Waals surface area contributed by atoms with Crippen LogP contribution < -0.4 is 4.90 Å². The predicted octanol–water partition coefficient (Wildman–Crippen LogP) is 10.7. The van der Waals surface area contributed by atoms with Gasteiger partial charge in [-0.05, 0) is 72.3 Å². The molecule has 0 spiro atoms. The fourth-order valence-electron chi connectivity index (χ4n) is 7.40. The van der Waals surface area contributed by atoms with Crippen molar-refractivity contribution in [3.63, 3.8) is 0 Å². The first-order valence-corrected chi connectivity index (χ1v) is 15.3. The average Bonchev–Trinajstić information content (AvgIpc) is 3.61. The van der Waals surface area contributed by atoms with Crippen LogP contribution in [0.2, 0.25) is 0 Å². The molecule has 0 unspecified atom stereocenters. The molecule has 0 aliphatic carbocycles. The maximum absolute atomic E-state index is 4.37. The number of para-hydroxylation sites is 5. The fourth-order valence-corrected chi connectivity index (χ4v) is 7.40. The summed E-state index contributed by atoms with van der Waals surface area (Å²) in [5.74, 6) is 0. The van der Waals surface area contributed by atoms with Crippen molar-refractivity contribution in [2.75, 3.05) is 4.90 Å². The van der Waals surface area contributed by atoms with E-state index in [2.05, 4.69) is 159 Å². The monoisotopic (exact) mass is 574 g/mol. The van der Waals surface area contributed by atoms with Gasteiger partial charge in [-0.3, -0.25) is 4.98 Å². The molecule has 10 rings (SSSR count). The van der Waals surface area contributed by atoms with E-state index >= 15 is 0 Å². The van der Waals surface area contributed by atoms with E-state index in [1.165, 1.54) is 60.7 Å². The van der Waals surface area contributed by atoms with Crippen molar-refractivity contribution >= 4 is 60.7 Å². The van der Waals surface area contributed by atoms with Gasteiger partial charge in [-0.25, -0.2) is 0 Å². The van der Waals surface area contributed by atoms with Crippen LogP contribution in [0.15, 0.2) is 158 Å². The molecule has 210 valence electrons. The second kappa shape index (κ2) is 9.18. The zero-order chi connectivity index (χ0) is 29.5. The van der Waals surface area contributed by atoms with Gasteiger partial charge in [0.1, 0.15) is 0 Å². The summed E-state index contributed by atoms with van der Waals surface area (Å²) in [4.78, 5) is 6.78.